The van der Waals surface area contributed by atoms with E-state index in [4.69, 9.17) is 11.6 Å². The summed E-state index contributed by atoms with van der Waals surface area (Å²) < 4.78 is 1.99. The number of thiophene rings is 1. The van der Waals surface area contributed by atoms with Gasteiger partial charge in [-0.25, -0.2) is 0 Å². The zero-order valence-corrected chi connectivity index (χ0v) is 23.7. The van der Waals surface area contributed by atoms with Crippen LogP contribution in [0.5, 0.6) is 0 Å². The van der Waals surface area contributed by atoms with E-state index in [9.17, 15) is 4.79 Å². The number of Topliss-reactive ketones (excluding diaryl/α,β-unsaturated/α-hetero) is 1. The maximum absolute atomic E-state index is 13.8. The van der Waals surface area contributed by atoms with Crippen molar-refractivity contribution >= 4 is 47.2 Å². The first-order valence-electron chi connectivity index (χ1n) is 12.7. The number of carbonyl (C=O) groups excluding carboxylic acids is 1. The second kappa shape index (κ2) is 11.9. The van der Waals surface area contributed by atoms with Gasteiger partial charge in [0.25, 0.3) is 0 Å². The van der Waals surface area contributed by atoms with E-state index in [1.165, 1.54) is 55.0 Å². The lowest BCUT2D eigenvalue weighted by molar-refractivity contribution is -0.558. The second-order valence-electron chi connectivity index (χ2n) is 9.67. The SMILES string of the molecule is C=C1C(Sc2ccccc2Cl)C(=O)CC(c2ccsc2)(c2ccc(CCCCCCC)c(C)c2)[N+]1=C. The molecule has 0 aliphatic carbocycles. The van der Waals surface area contributed by atoms with Crippen LogP contribution in [0.15, 0.2) is 76.5 Å². The largest absolute Gasteiger partial charge is 0.297 e. The average molecular weight is 537 g/mol. The minimum atomic E-state index is -0.671. The van der Waals surface area contributed by atoms with Crippen molar-refractivity contribution in [3.05, 3.63) is 98.8 Å². The van der Waals surface area contributed by atoms with Crippen LogP contribution in [0.4, 0.5) is 0 Å². The molecule has 2 nitrogen and oxygen atoms in total. The third kappa shape index (κ3) is 5.41. The first-order chi connectivity index (χ1) is 17.4. The summed E-state index contributed by atoms with van der Waals surface area (Å²) >= 11 is 9.52. The van der Waals surface area contributed by atoms with Gasteiger partial charge in [-0.05, 0) is 67.1 Å². The fourth-order valence-electron chi connectivity index (χ4n) is 5.15. The highest BCUT2D eigenvalue weighted by molar-refractivity contribution is 8.01. The van der Waals surface area contributed by atoms with E-state index >= 15 is 0 Å². The number of ketones is 1. The van der Waals surface area contributed by atoms with Crippen LogP contribution in [0, 0.1) is 6.92 Å². The van der Waals surface area contributed by atoms with Crippen LogP contribution in [0.3, 0.4) is 0 Å². The molecule has 0 radical (unpaired) electrons. The topological polar surface area (TPSA) is 20.1 Å². The highest BCUT2D eigenvalue weighted by Crippen LogP contribution is 2.47. The van der Waals surface area contributed by atoms with Gasteiger partial charge in [-0.3, -0.25) is 4.79 Å². The number of unbranched alkanes of at least 4 members (excludes halogenated alkanes) is 4. The van der Waals surface area contributed by atoms with Gasteiger partial charge in [0, 0.05) is 21.4 Å². The molecule has 1 saturated heterocycles. The zero-order valence-electron chi connectivity index (χ0n) is 21.3. The molecule has 2 atom stereocenters. The Kier molecular flexibility index (Phi) is 8.92. The molecule has 188 valence electrons. The highest BCUT2D eigenvalue weighted by atomic mass is 35.5. The minimum absolute atomic E-state index is 0.147. The van der Waals surface area contributed by atoms with Crippen molar-refractivity contribution in [2.75, 3.05) is 0 Å². The Morgan fingerprint density at radius 1 is 1.11 bits per heavy atom. The number of benzene rings is 2. The molecule has 36 heavy (non-hydrogen) atoms. The first-order valence-corrected chi connectivity index (χ1v) is 14.9. The van der Waals surface area contributed by atoms with E-state index in [1.807, 2.05) is 28.8 Å². The number of hydrogen-bond acceptors (Lipinski definition) is 3. The zero-order chi connectivity index (χ0) is 25.7. The molecule has 0 amide bonds. The summed E-state index contributed by atoms with van der Waals surface area (Å²) in [5.74, 6) is 0.147. The molecule has 0 N–H and O–H groups in total. The summed E-state index contributed by atoms with van der Waals surface area (Å²) in [4.78, 5) is 14.6. The Balaban J connectivity index is 1.65. The predicted molar refractivity (Wildman–Crippen MR) is 156 cm³/mol. The third-order valence-electron chi connectivity index (χ3n) is 7.28. The van der Waals surface area contributed by atoms with Crippen molar-refractivity contribution in [2.24, 2.45) is 0 Å². The average Bonchev–Trinajstić information content (AvgIpc) is 3.41. The molecule has 2 aromatic carbocycles. The van der Waals surface area contributed by atoms with Gasteiger partial charge >= 0.3 is 0 Å². The Hall–Kier alpha value is -2.14. The molecular formula is C31H35ClNOS2+. The number of carbonyl (C=O) groups is 1. The maximum Gasteiger partial charge on any atom is 0.225 e. The summed E-state index contributed by atoms with van der Waals surface area (Å²) in [5, 5.41) is 4.43. The molecule has 0 bridgehead atoms. The monoisotopic (exact) mass is 536 g/mol. The molecule has 5 heteroatoms. The quantitative estimate of drug-likeness (QED) is 0.190. The van der Waals surface area contributed by atoms with Gasteiger partial charge in [-0.15, -0.1) is 11.8 Å². The summed E-state index contributed by atoms with van der Waals surface area (Å²) in [6, 6.07) is 16.5. The van der Waals surface area contributed by atoms with E-state index < -0.39 is 10.8 Å². The van der Waals surface area contributed by atoms with Gasteiger partial charge in [0.05, 0.1) is 11.4 Å². The molecule has 1 aromatic heterocycles. The van der Waals surface area contributed by atoms with E-state index in [1.54, 1.807) is 11.3 Å². The molecule has 1 fully saturated rings. The van der Waals surface area contributed by atoms with E-state index in [-0.39, 0.29) is 5.78 Å². The number of aryl methyl sites for hydroxylation is 2. The number of thioether (sulfide) groups is 1. The molecule has 0 spiro atoms. The highest BCUT2D eigenvalue weighted by Gasteiger charge is 2.55. The third-order valence-corrected chi connectivity index (χ3v) is 9.79. The molecule has 1 aliphatic rings. The van der Waals surface area contributed by atoms with Crippen molar-refractivity contribution in [3.8, 4) is 0 Å². The van der Waals surface area contributed by atoms with E-state index in [2.05, 4.69) is 62.2 Å². The van der Waals surface area contributed by atoms with Crippen LogP contribution in [-0.4, -0.2) is 22.3 Å². The van der Waals surface area contributed by atoms with Crippen LogP contribution in [0.25, 0.3) is 0 Å². The minimum Gasteiger partial charge on any atom is -0.297 e. The standard InChI is InChI=1S/C31H35ClNOS2/c1-5-6-7-8-9-12-24-15-16-25(19-22(24)2)31(26-17-18-35-21-26)20-28(34)30(23(3)33(31)4)36-29-14-11-10-13-27(29)32/h10-11,13-19,21,30H,3-9,12,20H2,1-2H3/q+1. The molecule has 2 heterocycles. The molecular weight excluding hydrogens is 502 g/mol. The van der Waals surface area contributed by atoms with Gasteiger partial charge in [0.15, 0.2) is 16.7 Å². The van der Waals surface area contributed by atoms with Gasteiger partial charge in [-0.2, -0.15) is 15.9 Å². The van der Waals surface area contributed by atoms with Crippen molar-refractivity contribution in [3.63, 3.8) is 0 Å². The molecule has 0 saturated carbocycles. The van der Waals surface area contributed by atoms with Crippen LogP contribution < -0.4 is 0 Å². The fourth-order valence-corrected chi connectivity index (χ4v) is 7.21. The summed E-state index contributed by atoms with van der Waals surface area (Å²) in [7, 11) is 0. The molecule has 4 rings (SSSR count). The van der Waals surface area contributed by atoms with Crippen molar-refractivity contribution in [2.45, 2.75) is 74.5 Å². The molecule has 1 aliphatic heterocycles. The Bertz CT molecular complexity index is 1250. The molecule has 3 aromatic rings. The maximum atomic E-state index is 13.8. The number of halogens is 1. The summed E-state index contributed by atoms with van der Waals surface area (Å²) in [6.45, 7) is 13.3. The summed E-state index contributed by atoms with van der Waals surface area (Å²) in [5.41, 5.74) is 4.88. The van der Waals surface area contributed by atoms with Gasteiger partial charge in [0.1, 0.15) is 6.72 Å². The first kappa shape index (κ1) is 26.9. The molecule has 2 unspecified atom stereocenters. The predicted octanol–water partition coefficient (Wildman–Crippen LogP) is 8.83. The Morgan fingerprint density at radius 3 is 2.58 bits per heavy atom. The van der Waals surface area contributed by atoms with E-state index in [0.717, 1.165) is 22.4 Å². The van der Waals surface area contributed by atoms with Crippen molar-refractivity contribution in [1.82, 2.24) is 0 Å². The summed E-state index contributed by atoms with van der Waals surface area (Å²) in [6.07, 6.45) is 7.81. The lowest BCUT2D eigenvalue weighted by Gasteiger charge is -2.37. The lowest BCUT2D eigenvalue weighted by Crippen LogP contribution is -2.50. The van der Waals surface area contributed by atoms with Crippen molar-refractivity contribution < 1.29 is 9.37 Å². The van der Waals surface area contributed by atoms with Crippen LogP contribution in [-0.2, 0) is 16.8 Å². The van der Waals surface area contributed by atoms with Crippen molar-refractivity contribution in [1.29, 1.82) is 0 Å². The van der Waals surface area contributed by atoms with Crippen LogP contribution in [0.1, 0.15) is 67.7 Å². The number of piperidine rings is 1. The number of rotatable bonds is 10. The van der Waals surface area contributed by atoms with E-state index in [0.29, 0.717) is 17.1 Å². The van der Waals surface area contributed by atoms with Crippen LogP contribution >= 0.6 is 34.7 Å². The number of nitrogens with zero attached hydrogens (tertiary/aromatic N) is 1. The van der Waals surface area contributed by atoms with Gasteiger partial charge in [-0.1, -0.05) is 68.5 Å². The normalized spacial score (nSPS) is 20.2. The van der Waals surface area contributed by atoms with Gasteiger partial charge < -0.3 is 0 Å². The Labute approximate surface area is 229 Å². The Morgan fingerprint density at radius 2 is 1.89 bits per heavy atom. The lowest BCUT2D eigenvalue weighted by atomic mass is 9.75. The van der Waals surface area contributed by atoms with Crippen LogP contribution in [0.2, 0.25) is 5.02 Å². The smallest absolute Gasteiger partial charge is 0.225 e. The fraction of sp³-hybridized carbons (Fsp3) is 0.355. The second-order valence-corrected chi connectivity index (χ2v) is 12.0. The van der Waals surface area contributed by atoms with Gasteiger partial charge in [0.2, 0.25) is 5.54 Å². The number of hydrogen-bond donors (Lipinski definition) is 0.